The number of benzene rings is 2. The van der Waals surface area contributed by atoms with E-state index in [9.17, 15) is 4.79 Å². The van der Waals surface area contributed by atoms with Crippen molar-refractivity contribution < 1.29 is 19.0 Å². The standard InChI is InChI=1S/C18H19NO4/c1-21-12-14-3-2-4-15(9-14)18(20)19-11-13-5-6-16-17(10-13)23-8-7-22-16/h2-6,9-10H,7-8,11-12H2,1H3,(H,19,20). The quantitative estimate of drug-likeness (QED) is 0.921. The lowest BCUT2D eigenvalue weighted by Crippen LogP contribution is -2.23. The van der Waals surface area contributed by atoms with Crippen LogP contribution in [0.5, 0.6) is 11.5 Å². The minimum Gasteiger partial charge on any atom is -0.486 e. The minimum atomic E-state index is -0.113. The number of carbonyl (C=O) groups excluding carboxylic acids is 1. The molecule has 0 atom stereocenters. The van der Waals surface area contributed by atoms with Gasteiger partial charge in [0.05, 0.1) is 6.61 Å². The molecule has 2 aromatic carbocycles. The van der Waals surface area contributed by atoms with Crippen molar-refractivity contribution in [3.63, 3.8) is 0 Å². The molecule has 0 fully saturated rings. The van der Waals surface area contributed by atoms with E-state index in [0.717, 1.165) is 22.6 Å². The molecular formula is C18H19NO4. The summed E-state index contributed by atoms with van der Waals surface area (Å²) in [7, 11) is 1.63. The van der Waals surface area contributed by atoms with Crippen molar-refractivity contribution in [2.45, 2.75) is 13.2 Å². The molecule has 0 unspecified atom stereocenters. The van der Waals surface area contributed by atoms with Crippen molar-refractivity contribution >= 4 is 5.91 Å². The molecular weight excluding hydrogens is 294 g/mol. The molecule has 3 rings (SSSR count). The Morgan fingerprint density at radius 3 is 2.74 bits per heavy atom. The van der Waals surface area contributed by atoms with E-state index in [4.69, 9.17) is 14.2 Å². The molecule has 23 heavy (non-hydrogen) atoms. The van der Waals surface area contributed by atoms with E-state index in [1.54, 1.807) is 13.2 Å². The van der Waals surface area contributed by atoms with Gasteiger partial charge < -0.3 is 19.5 Å². The van der Waals surface area contributed by atoms with Crippen LogP contribution in [0.1, 0.15) is 21.5 Å². The molecule has 0 radical (unpaired) electrons. The molecule has 5 nitrogen and oxygen atoms in total. The van der Waals surface area contributed by atoms with Gasteiger partial charge in [-0.05, 0) is 35.4 Å². The fourth-order valence-corrected chi connectivity index (χ4v) is 2.45. The summed E-state index contributed by atoms with van der Waals surface area (Å²) in [5.74, 6) is 1.36. The minimum absolute atomic E-state index is 0.113. The summed E-state index contributed by atoms with van der Waals surface area (Å²) in [6, 6.07) is 13.1. The van der Waals surface area contributed by atoms with E-state index in [-0.39, 0.29) is 5.91 Å². The van der Waals surface area contributed by atoms with E-state index in [1.807, 2.05) is 36.4 Å². The third-order valence-corrected chi connectivity index (χ3v) is 3.56. The summed E-state index contributed by atoms with van der Waals surface area (Å²) >= 11 is 0. The number of fused-ring (bicyclic) bond motifs is 1. The van der Waals surface area contributed by atoms with Crippen LogP contribution < -0.4 is 14.8 Å². The van der Waals surface area contributed by atoms with Crippen molar-refractivity contribution in [2.24, 2.45) is 0 Å². The van der Waals surface area contributed by atoms with E-state index >= 15 is 0 Å². The molecule has 0 spiro atoms. The first kappa shape index (κ1) is 15.4. The second-order valence-electron chi connectivity index (χ2n) is 5.29. The van der Waals surface area contributed by atoms with Gasteiger partial charge >= 0.3 is 0 Å². The van der Waals surface area contributed by atoms with Gasteiger partial charge in [0.15, 0.2) is 11.5 Å². The van der Waals surface area contributed by atoms with Crippen LogP contribution >= 0.6 is 0 Å². The third-order valence-electron chi connectivity index (χ3n) is 3.56. The van der Waals surface area contributed by atoms with Gasteiger partial charge in [0.25, 0.3) is 5.91 Å². The maximum absolute atomic E-state index is 12.3. The monoisotopic (exact) mass is 313 g/mol. The summed E-state index contributed by atoms with van der Waals surface area (Å²) in [5, 5.41) is 2.92. The average Bonchev–Trinajstić information content (AvgIpc) is 2.60. The van der Waals surface area contributed by atoms with Crippen molar-refractivity contribution in [1.82, 2.24) is 5.32 Å². The molecule has 0 aromatic heterocycles. The lowest BCUT2D eigenvalue weighted by molar-refractivity contribution is 0.0950. The molecule has 2 aromatic rings. The van der Waals surface area contributed by atoms with E-state index in [2.05, 4.69) is 5.32 Å². The number of nitrogens with one attached hydrogen (secondary N) is 1. The fraction of sp³-hybridized carbons (Fsp3) is 0.278. The topological polar surface area (TPSA) is 56.8 Å². The van der Waals surface area contributed by atoms with E-state index in [0.29, 0.717) is 31.9 Å². The number of rotatable bonds is 5. The highest BCUT2D eigenvalue weighted by Crippen LogP contribution is 2.30. The molecule has 1 aliphatic heterocycles. The Kier molecular flexibility index (Phi) is 4.78. The highest BCUT2D eigenvalue weighted by Gasteiger charge is 2.12. The Labute approximate surface area is 135 Å². The fourth-order valence-electron chi connectivity index (χ4n) is 2.45. The maximum atomic E-state index is 12.3. The number of ether oxygens (including phenoxy) is 3. The zero-order valence-corrected chi connectivity index (χ0v) is 13.0. The highest BCUT2D eigenvalue weighted by molar-refractivity contribution is 5.94. The second kappa shape index (κ2) is 7.15. The van der Waals surface area contributed by atoms with Crippen LogP contribution in [0.25, 0.3) is 0 Å². The second-order valence-corrected chi connectivity index (χ2v) is 5.29. The van der Waals surface area contributed by atoms with Crippen LogP contribution in [0.15, 0.2) is 42.5 Å². The molecule has 120 valence electrons. The van der Waals surface area contributed by atoms with E-state index in [1.165, 1.54) is 0 Å². The lowest BCUT2D eigenvalue weighted by Gasteiger charge is -2.19. The molecule has 0 saturated carbocycles. The van der Waals surface area contributed by atoms with Gasteiger partial charge in [-0.1, -0.05) is 18.2 Å². The molecule has 0 aliphatic carbocycles. The van der Waals surface area contributed by atoms with Crippen molar-refractivity contribution in [1.29, 1.82) is 0 Å². The van der Waals surface area contributed by atoms with Crippen LogP contribution in [0, 0.1) is 0 Å². The van der Waals surface area contributed by atoms with Gasteiger partial charge in [-0.15, -0.1) is 0 Å². The Bertz CT molecular complexity index is 699. The van der Waals surface area contributed by atoms with Gasteiger partial charge in [-0.2, -0.15) is 0 Å². The predicted octanol–water partition coefficient (Wildman–Crippen LogP) is 2.53. The van der Waals surface area contributed by atoms with Crippen LogP contribution in [0.4, 0.5) is 0 Å². The van der Waals surface area contributed by atoms with E-state index < -0.39 is 0 Å². The zero-order chi connectivity index (χ0) is 16.1. The summed E-state index contributed by atoms with van der Waals surface area (Å²) in [5.41, 5.74) is 2.56. The Hall–Kier alpha value is -2.53. The number of carbonyl (C=O) groups is 1. The van der Waals surface area contributed by atoms with Crippen molar-refractivity contribution in [2.75, 3.05) is 20.3 Å². The first-order valence-electron chi connectivity index (χ1n) is 7.51. The number of hydrogen-bond donors (Lipinski definition) is 1. The van der Waals surface area contributed by atoms with Crippen molar-refractivity contribution in [3.05, 3.63) is 59.2 Å². The van der Waals surface area contributed by atoms with Crippen LogP contribution in [0.2, 0.25) is 0 Å². The third kappa shape index (κ3) is 3.81. The Balaban J connectivity index is 1.63. The zero-order valence-electron chi connectivity index (χ0n) is 13.0. The molecule has 1 heterocycles. The molecule has 5 heteroatoms. The van der Waals surface area contributed by atoms with Gasteiger partial charge in [-0.3, -0.25) is 4.79 Å². The Morgan fingerprint density at radius 2 is 1.91 bits per heavy atom. The van der Waals surface area contributed by atoms with Gasteiger partial charge in [0, 0.05) is 19.2 Å². The number of amides is 1. The Morgan fingerprint density at radius 1 is 1.09 bits per heavy atom. The average molecular weight is 313 g/mol. The normalized spacial score (nSPS) is 12.7. The first-order valence-corrected chi connectivity index (χ1v) is 7.51. The number of methoxy groups -OCH3 is 1. The summed E-state index contributed by atoms with van der Waals surface area (Å²) in [6.45, 7) is 2.04. The predicted molar refractivity (Wildman–Crippen MR) is 85.8 cm³/mol. The van der Waals surface area contributed by atoms with Gasteiger partial charge in [0.2, 0.25) is 0 Å². The summed E-state index contributed by atoms with van der Waals surface area (Å²) in [4.78, 5) is 12.3. The molecule has 1 amide bonds. The van der Waals surface area contributed by atoms with Crippen LogP contribution in [-0.4, -0.2) is 26.2 Å². The molecule has 1 N–H and O–H groups in total. The lowest BCUT2D eigenvalue weighted by atomic mass is 10.1. The van der Waals surface area contributed by atoms with Crippen molar-refractivity contribution in [3.8, 4) is 11.5 Å². The molecule has 0 bridgehead atoms. The van der Waals surface area contributed by atoms with Gasteiger partial charge in [0.1, 0.15) is 13.2 Å². The van der Waals surface area contributed by atoms with Gasteiger partial charge in [-0.25, -0.2) is 0 Å². The molecule has 1 aliphatic rings. The smallest absolute Gasteiger partial charge is 0.251 e. The summed E-state index contributed by atoms with van der Waals surface area (Å²) < 4.78 is 16.1. The first-order chi connectivity index (χ1) is 11.3. The van der Waals surface area contributed by atoms with Crippen LogP contribution in [-0.2, 0) is 17.9 Å². The maximum Gasteiger partial charge on any atom is 0.251 e. The molecule has 0 saturated heterocycles. The largest absolute Gasteiger partial charge is 0.486 e. The van der Waals surface area contributed by atoms with Crippen LogP contribution in [0.3, 0.4) is 0 Å². The highest BCUT2D eigenvalue weighted by atomic mass is 16.6. The SMILES string of the molecule is COCc1cccc(C(=O)NCc2ccc3c(c2)OCCO3)c1. The summed E-state index contributed by atoms with van der Waals surface area (Å²) in [6.07, 6.45) is 0. The number of hydrogen-bond acceptors (Lipinski definition) is 4.